The van der Waals surface area contributed by atoms with Crippen molar-refractivity contribution in [3.63, 3.8) is 0 Å². The van der Waals surface area contributed by atoms with Gasteiger partial charge in [-0.25, -0.2) is 4.98 Å². The van der Waals surface area contributed by atoms with Crippen LogP contribution in [0, 0.1) is 5.92 Å². The third-order valence-corrected chi connectivity index (χ3v) is 4.13. The zero-order valence-corrected chi connectivity index (χ0v) is 12.4. The van der Waals surface area contributed by atoms with E-state index in [1.54, 1.807) is 6.92 Å². The fraction of sp³-hybridized carbons (Fsp3) is 0.769. The van der Waals surface area contributed by atoms with Gasteiger partial charge < -0.3 is 4.90 Å². The normalized spacial score (nSPS) is 21.1. The van der Waals surface area contributed by atoms with E-state index in [0.717, 1.165) is 36.9 Å². The van der Waals surface area contributed by atoms with E-state index in [-0.39, 0.29) is 11.3 Å². The largest absolute Gasteiger partial charge is 0.346 e. The summed E-state index contributed by atoms with van der Waals surface area (Å²) in [6.07, 6.45) is 2.07. The summed E-state index contributed by atoms with van der Waals surface area (Å²) < 4.78 is 4.44. The Kier molecular flexibility index (Phi) is 3.71. The maximum atomic E-state index is 11.5. The fourth-order valence-corrected chi connectivity index (χ4v) is 3.02. The van der Waals surface area contributed by atoms with Gasteiger partial charge in [0.2, 0.25) is 5.13 Å². The number of anilines is 1. The van der Waals surface area contributed by atoms with E-state index in [1.165, 1.54) is 11.5 Å². The topological polar surface area (TPSA) is 46.1 Å². The molecule has 0 N–H and O–H groups in total. The molecule has 1 saturated heterocycles. The Morgan fingerprint density at radius 1 is 1.44 bits per heavy atom. The van der Waals surface area contributed by atoms with Crippen molar-refractivity contribution < 1.29 is 4.79 Å². The molecule has 1 aromatic heterocycles. The highest BCUT2D eigenvalue weighted by Gasteiger charge is 2.27. The maximum Gasteiger partial charge on any atom is 0.205 e. The first-order valence-electron chi connectivity index (χ1n) is 6.47. The quantitative estimate of drug-likeness (QED) is 0.826. The number of piperidine rings is 1. The van der Waals surface area contributed by atoms with Gasteiger partial charge in [0.1, 0.15) is 11.6 Å². The van der Waals surface area contributed by atoms with E-state index in [4.69, 9.17) is 0 Å². The molecule has 2 rings (SSSR count). The van der Waals surface area contributed by atoms with Gasteiger partial charge in [0.15, 0.2) is 0 Å². The van der Waals surface area contributed by atoms with Crippen LogP contribution in [0.5, 0.6) is 0 Å². The molecule has 1 atom stereocenters. The lowest BCUT2D eigenvalue weighted by Crippen LogP contribution is -2.38. The van der Waals surface area contributed by atoms with Crippen molar-refractivity contribution in [1.29, 1.82) is 0 Å². The van der Waals surface area contributed by atoms with Gasteiger partial charge in [-0.15, -0.1) is 0 Å². The number of hydrogen-bond donors (Lipinski definition) is 0. The summed E-state index contributed by atoms with van der Waals surface area (Å²) in [6, 6.07) is 0. The smallest absolute Gasteiger partial charge is 0.205 e. The van der Waals surface area contributed by atoms with Crippen molar-refractivity contribution in [2.24, 2.45) is 5.92 Å². The second kappa shape index (κ2) is 4.96. The number of hydrogen-bond acceptors (Lipinski definition) is 5. The monoisotopic (exact) mass is 267 g/mol. The van der Waals surface area contributed by atoms with Crippen LogP contribution in [-0.4, -0.2) is 28.2 Å². The molecular weight excluding hydrogens is 246 g/mol. The van der Waals surface area contributed by atoms with Gasteiger partial charge in [-0.05, 0) is 19.8 Å². The highest BCUT2D eigenvalue weighted by Crippen LogP contribution is 2.28. The molecule has 0 saturated carbocycles. The summed E-state index contributed by atoms with van der Waals surface area (Å²) in [5.74, 6) is 1.36. The summed E-state index contributed by atoms with van der Waals surface area (Å²) >= 11 is 1.45. The second-order valence-corrected chi connectivity index (χ2v) is 6.78. The number of carbonyl (C=O) groups excluding carboxylic acids is 1. The van der Waals surface area contributed by atoms with Crippen LogP contribution in [0.4, 0.5) is 5.13 Å². The Labute approximate surface area is 113 Å². The van der Waals surface area contributed by atoms with Gasteiger partial charge in [0.25, 0.3) is 0 Å². The van der Waals surface area contributed by atoms with Crippen molar-refractivity contribution in [2.75, 3.05) is 18.0 Å². The summed E-state index contributed by atoms with van der Waals surface area (Å²) in [6.45, 7) is 9.83. The van der Waals surface area contributed by atoms with Crippen LogP contribution in [0.3, 0.4) is 0 Å². The molecule has 0 spiro atoms. The molecule has 0 amide bonds. The lowest BCUT2D eigenvalue weighted by molar-refractivity contribution is -0.120. The lowest BCUT2D eigenvalue weighted by atomic mass is 9.95. The molecule has 4 nitrogen and oxygen atoms in total. The van der Waals surface area contributed by atoms with Gasteiger partial charge in [-0.1, -0.05) is 20.8 Å². The molecule has 0 radical (unpaired) electrons. The zero-order valence-electron chi connectivity index (χ0n) is 11.6. The predicted octanol–water partition coefficient (Wildman–Crippen LogP) is 2.64. The van der Waals surface area contributed by atoms with E-state index < -0.39 is 0 Å². The van der Waals surface area contributed by atoms with Crippen molar-refractivity contribution >= 4 is 22.4 Å². The number of aromatic nitrogens is 2. The Balaban J connectivity index is 2.12. The number of carbonyl (C=O) groups is 1. The van der Waals surface area contributed by atoms with Crippen molar-refractivity contribution in [2.45, 2.75) is 46.0 Å². The predicted molar refractivity (Wildman–Crippen MR) is 74.2 cm³/mol. The molecule has 1 fully saturated rings. The number of ketones is 1. The fourth-order valence-electron chi connectivity index (χ4n) is 2.13. The maximum absolute atomic E-state index is 11.5. The first kappa shape index (κ1) is 13.5. The molecular formula is C13H21N3OS. The van der Waals surface area contributed by atoms with Gasteiger partial charge in [-0.3, -0.25) is 4.79 Å². The molecule has 1 aromatic rings. The molecule has 1 aliphatic rings. The molecule has 0 aliphatic carbocycles. The first-order valence-corrected chi connectivity index (χ1v) is 7.25. The highest BCUT2D eigenvalue weighted by molar-refractivity contribution is 7.09. The molecule has 0 bridgehead atoms. The number of rotatable bonds is 2. The minimum atomic E-state index is -0.00941. The Hall–Kier alpha value is -0.970. The van der Waals surface area contributed by atoms with Crippen LogP contribution >= 0.6 is 11.5 Å². The van der Waals surface area contributed by atoms with Crippen LogP contribution < -0.4 is 4.90 Å². The second-order valence-electron chi connectivity index (χ2n) is 6.05. The van der Waals surface area contributed by atoms with E-state index in [1.807, 2.05) is 0 Å². The molecule has 0 aromatic carbocycles. The van der Waals surface area contributed by atoms with Crippen molar-refractivity contribution in [3.05, 3.63) is 5.82 Å². The van der Waals surface area contributed by atoms with Crippen LogP contribution in [0.15, 0.2) is 0 Å². The van der Waals surface area contributed by atoms with Crippen molar-refractivity contribution in [3.8, 4) is 0 Å². The van der Waals surface area contributed by atoms with E-state index in [9.17, 15) is 4.79 Å². The average molecular weight is 267 g/mol. The van der Waals surface area contributed by atoms with Gasteiger partial charge >= 0.3 is 0 Å². The Morgan fingerprint density at radius 3 is 2.72 bits per heavy atom. The minimum absolute atomic E-state index is 0.00941. The highest BCUT2D eigenvalue weighted by atomic mass is 32.1. The third-order valence-electron chi connectivity index (χ3n) is 3.35. The number of Topliss-reactive ketones (excluding diaryl/α,β-unsaturated/α-hetero) is 1. The lowest BCUT2D eigenvalue weighted by Gasteiger charge is -2.30. The summed E-state index contributed by atoms with van der Waals surface area (Å²) in [5.41, 5.74) is -0.00941. The van der Waals surface area contributed by atoms with Crippen LogP contribution in [-0.2, 0) is 10.2 Å². The minimum Gasteiger partial charge on any atom is -0.346 e. The molecule has 2 heterocycles. The summed E-state index contributed by atoms with van der Waals surface area (Å²) in [7, 11) is 0. The molecule has 1 aliphatic heterocycles. The molecule has 1 unspecified atom stereocenters. The van der Waals surface area contributed by atoms with Crippen molar-refractivity contribution in [1.82, 2.24) is 9.36 Å². The molecule has 100 valence electrons. The Bertz CT molecular complexity index is 436. The average Bonchev–Trinajstić information content (AvgIpc) is 2.78. The molecule has 5 heteroatoms. The number of nitrogens with zero attached hydrogens (tertiary/aromatic N) is 3. The van der Waals surface area contributed by atoms with Gasteiger partial charge in [0, 0.05) is 36.0 Å². The first-order chi connectivity index (χ1) is 8.38. The summed E-state index contributed by atoms with van der Waals surface area (Å²) in [5, 5.41) is 0.964. The van der Waals surface area contributed by atoms with Crippen LogP contribution in [0.2, 0.25) is 0 Å². The zero-order chi connectivity index (χ0) is 13.3. The SMILES string of the molecule is CC(=O)C1CCCN(c2nc(C(C)(C)C)ns2)C1. The van der Waals surface area contributed by atoms with E-state index in [2.05, 4.69) is 35.0 Å². The third kappa shape index (κ3) is 2.88. The van der Waals surface area contributed by atoms with E-state index >= 15 is 0 Å². The van der Waals surface area contributed by atoms with Crippen LogP contribution in [0.1, 0.15) is 46.4 Å². The Morgan fingerprint density at radius 2 is 2.17 bits per heavy atom. The molecule has 18 heavy (non-hydrogen) atoms. The van der Waals surface area contributed by atoms with Gasteiger partial charge in [-0.2, -0.15) is 4.37 Å². The standard InChI is InChI=1S/C13H21N3OS/c1-9(17)10-6-5-7-16(8-10)12-14-11(15-18-12)13(2,3)4/h10H,5-8H2,1-4H3. The van der Waals surface area contributed by atoms with Crippen LogP contribution in [0.25, 0.3) is 0 Å². The van der Waals surface area contributed by atoms with E-state index in [0.29, 0.717) is 5.78 Å². The van der Waals surface area contributed by atoms with Gasteiger partial charge in [0.05, 0.1) is 0 Å². The summed E-state index contributed by atoms with van der Waals surface area (Å²) in [4.78, 5) is 18.3.